The van der Waals surface area contributed by atoms with Crippen molar-refractivity contribution in [3.05, 3.63) is 22.4 Å². The van der Waals surface area contributed by atoms with Gasteiger partial charge < -0.3 is 15.4 Å². The van der Waals surface area contributed by atoms with E-state index in [0.29, 0.717) is 12.0 Å². The number of nitrogens with zero attached hydrogens (tertiary/aromatic N) is 1. The molecule has 2 heterocycles. The molecule has 0 aliphatic carbocycles. The molecule has 0 radical (unpaired) electrons. The van der Waals surface area contributed by atoms with Crippen LogP contribution in [0.1, 0.15) is 17.7 Å². The Morgan fingerprint density at radius 3 is 3.11 bits per heavy atom. The Kier molecular flexibility index (Phi) is 5.63. The Hall–Kier alpha value is -0.420. The predicted molar refractivity (Wildman–Crippen MR) is 77.0 cm³/mol. The molecule has 0 spiro atoms. The molecule has 0 bridgehead atoms. The van der Waals surface area contributed by atoms with Gasteiger partial charge in [-0.1, -0.05) is 6.07 Å². The minimum atomic E-state index is 0.463. The molecular formula is C14H24N2OS. The molecular weight excluding hydrogens is 244 g/mol. The minimum absolute atomic E-state index is 0.463. The summed E-state index contributed by atoms with van der Waals surface area (Å²) in [5, 5.41) is 2.14. The molecule has 2 N–H and O–H groups in total. The molecule has 102 valence electrons. The zero-order valence-corrected chi connectivity index (χ0v) is 12.0. The number of thiophene rings is 1. The van der Waals surface area contributed by atoms with E-state index in [2.05, 4.69) is 29.5 Å². The van der Waals surface area contributed by atoms with Gasteiger partial charge in [0.2, 0.25) is 0 Å². The Morgan fingerprint density at radius 1 is 1.61 bits per heavy atom. The van der Waals surface area contributed by atoms with E-state index in [9.17, 15) is 0 Å². The van der Waals surface area contributed by atoms with Crippen LogP contribution in [0.2, 0.25) is 0 Å². The first-order valence-electron chi connectivity index (χ1n) is 6.81. The van der Waals surface area contributed by atoms with Gasteiger partial charge in [0.25, 0.3) is 0 Å². The SMILES string of the molecule is CN(CCc1cccs1)C(CN)C1CCCOC1. The third-order valence-corrected chi connectivity index (χ3v) is 4.77. The average Bonchev–Trinajstić information content (AvgIpc) is 2.92. The highest BCUT2D eigenvalue weighted by atomic mass is 32.1. The molecule has 1 fully saturated rings. The van der Waals surface area contributed by atoms with Crippen molar-refractivity contribution in [3.63, 3.8) is 0 Å². The summed E-state index contributed by atoms with van der Waals surface area (Å²) in [7, 11) is 2.19. The normalized spacial score (nSPS) is 22.3. The molecule has 1 aliphatic heterocycles. The van der Waals surface area contributed by atoms with Gasteiger partial charge >= 0.3 is 0 Å². The van der Waals surface area contributed by atoms with E-state index in [1.165, 1.54) is 17.7 Å². The van der Waals surface area contributed by atoms with Gasteiger partial charge in [-0.25, -0.2) is 0 Å². The van der Waals surface area contributed by atoms with E-state index in [1.54, 1.807) is 0 Å². The van der Waals surface area contributed by atoms with Crippen LogP contribution < -0.4 is 5.73 Å². The highest BCUT2D eigenvalue weighted by molar-refractivity contribution is 7.09. The first-order chi connectivity index (χ1) is 8.81. The van der Waals surface area contributed by atoms with Crippen molar-refractivity contribution in [3.8, 4) is 0 Å². The Morgan fingerprint density at radius 2 is 2.50 bits per heavy atom. The molecule has 2 atom stereocenters. The first-order valence-corrected chi connectivity index (χ1v) is 7.69. The third-order valence-electron chi connectivity index (χ3n) is 3.84. The number of hydrogen-bond acceptors (Lipinski definition) is 4. The molecule has 2 rings (SSSR count). The molecule has 0 saturated carbocycles. The van der Waals surface area contributed by atoms with Crippen LogP contribution in [0, 0.1) is 5.92 Å². The van der Waals surface area contributed by atoms with E-state index in [4.69, 9.17) is 10.5 Å². The van der Waals surface area contributed by atoms with Crippen molar-refractivity contribution >= 4 is 11.3 Å². The van der Waals surface area contributed by atoms with Crippen LogP contribution in [0.25, 0.3) is 0 Å². The smallest absolute Gasteiger partial charge is 0.0509 e. The van der Waals surface area contributed by atoms with E-state index >= 15 is 0 Å². The fourth-order valence-corrected chi connectivity index (χ4v) is 3.41. The lowest BCUT2D eigenvalue weighted by atomic mass is 9.92. The summed E-state index contributed by atoms with van der Waals surface area (Å²) in [6.07, 6.45) is 3.56. The molecule has 1 saturated heterocycles. The largest absolute Gasteiger partial charge is 0.381 e. The van der Waals surface area contributed by atoms with E-state index in [0.717, 1.165) is 32.7 Å². The molecule has 4 heteroatoms. The maximum atomic E-state index is 5.96. The van der Waals surface area contributed by atoms with Gasteiger partial charge in [-0.2, -0.15) is 0 Å². The van der Waals surface area contributed by atoms with Gasteiger partial charge in [0.15, 0.2) is 0 Å². The van der Waals surface area contributed by atoms with Gasteiger partial charge in [-0.3, -0.25) is 0 Å². The Balaban J connectivity index is 1.82. The minimum Gasteiger partial charge on any atom is -0.381 e. The van der Waals surface area contributed by atoms with Gasteiger partial charge in [0, 0.05) is 30.6 Å². The second-order valence-electron chi connectivity index (χ2n) is 5.09. The molecule has 2 unspecified atom stereocenters. The topological polar surface area (TPSA) is 38.5 Å². The Bertz CT molecular complexity index is 323. The number of rotatable bonds is 6. The predicted octanol–water partition coefficient (Wildman–Crippen LogP) is 1.98. The van der Waals surface area contributed by atoms with Crippen LogP contribution in [-0.4, -0.2) is 44.3 Å². The van der Waals surface area contributed by atoms with Crippen LogP contribution in [-0.2, 0) is 11.2 Å². The van der Waals surface area contributed by atoms with Crippen LogP contribution in [0.3, 0.4) is 0 Å². The van der Waals surface area contributed by atoms with Crippen molar-refractivity contribution in [2.75, 3.05) is 33.4 Å². The highest BCUT2D eigenvalue weighted by Crippen LogP contribution is 2.21. The van der Waals surface area contributed by atoms with Crippen LogP contribution >= 0.6 is 11.3 Å². The molecule has 1 aromatic rings. The van der Waals surface area contributed by atoms with Crippen molar-refractivity contribution in [2.24, 2.45) is 11.7 Å². The van der Waals surface area contributed by atoms with Crippen LogP contribution in [0.5, 0.6) is 0 Å². The van der Waals surface area contributed by atoms with Crippen molar-refractivity contribution < 1.29 is 4.74 Å². The monoisotopic (exact) mass is 268 g/mol. The fraction of sp³-hybridized carbons (Fsp3) is 0.714. The lowest BCUT2D eigenvalue weighted by Crippen LogP contribution is -2.46. The summed E-state index contributed by atoms with van der Waals surface area (Å²) in [4.78, 5) is 3.87. The highest BCUT2D eigenvalue weighted by Gasteiger charge is 2.26. The average molecular weight is 268 g/mol. The maximum Gasteiger partial charge on any atom is 0.0509 e. The van der Waals surface area contributed by atoms with Gasteiger partial charge in [0.1, 0.15) is 0 Å². The van der Waals surface area contributed by atoms with E-state index in [-0.39, 0.29) is 0 Å². The summed E-state index contributed by atoms with van der Waals surface area (Å²) in [5.41, 5.74) is 5.96. The molecule has 1 aromatic heterocycles. The third kappa shape index (κ3) is 3.79. The van der Waals surface area contributed by atoms with Gasteiger partial charge in [0.05, 0.1) is 6.61 Å². The van der Waals surface area contributed by atoms with E-state index < -0.39 is 0 Å². The molecule has 0 amide bonds. The van der Waals surface area contributed by atoms with Crippen molar-refractivity contribution in [2.45, 2.75) is 25.3 Å². The van der Waals surface area contributed by atoms with Gasteiger partial charge in [-0.15, -0.1) is 11.3 Å². The lowest BCUT2D eigenvalue weighted by Gasteiger charge is -2.35. The Labute approximate surface area is 114 Å². The standard InChI is InChI=1S/C14H24N2OS/c1-16(7-6-13-5-3-9-18-13)14(10-15)12-4-2-8-17-11-12/h3,5,9,12,14H,2,4,6-8,10-11,15H2,1H3. The summed E-state index contributed by atoms with van der Waals surface area (Å²) >= 11 is 1.84. The maximum absolute atomic E-state index is 5.96. The van der Waals surface area contributed by atoms with Crippen LogP contribution in [0.4, 0.5) is 0 Å². The molecule has 0 aromatic carbocycles. The summed E-state index contributed by atoms with van der Waals surface area (Å²) in [6, 6.07) is 4.79. The number of hydrogen-bond donors (Lipinski definition) is 1. The fourth-order valence-electron chi connectivity index (χ4n) is 2.71. The zero-order valence-electron chi connectivity index (χ0n) is 11.2. The number of likely N-dealkylation sites (N-methyl/N-ethyl adjacent to an activating group) is 1. The zero-order chi connectivity index (χ0) is 12.8. The number of ether oxygens (including phenoxy) is 1. The second kappa shape index (κ2) is 7.24. The number of nitrogens with two attached hydrogens (primary N) is 1. The van der Waals surface area contributed by atoms with Crippen molar-refractivity contribution in [1.82, 2.24) is 4.90 Å². The summed E-state index contributed by atoms with van der Waals surface area (Å²) in [5.74, 6) is 0.608. The second-order valence-corrected chi connectivity index (χ2v) is 6.12. The van der Waals surface area contributed by atoms with Crippen molar-refractivity contribution in [1.29, 1.82) is 0 Å². The molecule has 3 nitrogen and oxygen atoms in total. The summed E-state index contributed by atoms with van der Waals surface area (Å²) < 4.78 is 5.59. The van der Waals surface area contributed by atoms with Gasteiger partial charge in [-0.05, 0) is 43.7 Å². The quantitative estimate of drug-likeness (QED) is 0.857. The lowest BCUT2D eigenvalue weighted by molar-refractivity contribution is 0.0175. The molecule has 1 aliphatic rings. The molecule has 18 heavy (non-hydrogen) atoms. The summed E-state index contributed by atoms with van der Waals surface area (Å²) in [6.45, 7) is 3.62. The van der Waals surface area contributed by atoms with Crippen LogP contribution in [0.15, 0.2) is 17.5 Å². The van der Waals surface area contributed by atoms with E-state index in [1.807, 2.05) is 11.3 Å². The first kappa shape index (κ1) is 14.0.